The number of carbonyl (C=O) groups excluding carboxylic acids is 1. The standard InChI is InChI=1S/C18H25N5O2/c1-2-17-21-16(22-25-17)12-23-8-4-7-15(11-23)20-10-13-5-3-6-14(9-13)18(19)24/h3,5-6,9,15,20H,2,4,7-8,10-12H2,1H3,(H2,19,24)/t15-/m1/s1. The van der Waals surface area contributed by atoms with E-state index in [2.05, 4.69) is 20.4 Å². The molecule has 0 unspecified atom stereocenters. The lowest BCUT2D eigenvalue weighted by molar-refractivity contribution is 0.1000. The van der Waals surface area contributed by atoms with Crippen molar-refractivity contribution in [3.63, 3.8) is 0 Å². The first-order valence-corrected chi connectivity index (χ1v) is 8.80. The van der Waals surface area contributed by atoms with E-state index in [9.17, 15) is 4.79 Å². The first-order valence-electron chi connectivity index (χ1n) is 8.80. The van der Waals surface area contributed by atoms with Crippen molar-refractivity contribution in [1.29, 1.82) is 0 Å². The summed E-state index contributed by atoms with van der Waals surface area (Å²) in [6.07, 6.45) is 3.04. The second-order valence-electron chi connectivity index (χ2n) is 6.48. The normalized spacial score (nSPS) is 18.4. The van der Waals surface area contributed by atoms with Crippen LogP contribution in [0.2, 0.25) is 0 Å². The van der Waals surface area contributed by atoms with Gasteiger partial charge < -0.3 is 15.6 Å². The van der Waals surface area contributed by atoms with Crippen LogP contribution in [-0.4, -0.2) is 40.1 Å². The molecule has 0 radical (unpaired) electrons. The Labute approximate surface area is 147 Å². The minimum atomic E-state index is -0.391. The predicted octanol–water partition coefficient (Wildman–Crippen LogP) is 1.49. The maximum atomic E-state index is 11.3. The number of rotatable bonds is 7. The lowest BCUT2D eigenvalue weighted by atomic mass is 10.0. The quantitative estimate of drug-likeness (QED) is 0.790. The Hall–Kier alpha value is -2.25. The Bertz CT molecular complexity index is 715. The van der Waals surface area contributed by atoms with Gasteiger partial charge in [-0.3, -0.25) is 9.69 Å². The summed E-state index contributed by atoms with van der Waals surface area (Å²) in [5, 5.41) is 7.61. The largest absolute Gasteiger partial charge is 0.366 e. The number of likely N-dealkylation sites (tertiary alicyclic amines) is 1. The molecule has 1 aromatic heterocycles. The molecule has 1 aliphatic heterocycles. The summed E-state index contributed by atoms with van der Waals surface area (Å²) in [6.45, 7) is 5.45. The fourth-order valence-corrected chi connectivity index (χ4v) is 3.16. The smallest absolute Gasteiger partial charge is 0.248 e. The fraction of sp³-hybridized carbons (Fsp3) is 0.500. The van der Waals surface area contributed by atoms with E-state index in [1.807, 2.05) is 25.1 Å². The van der Waals surface area contributed by atoms with Crippen molar-refractivity contribution in [3.05, 3.63) is 47.1 Å². The highest BCUT2D eigenvalue weighted by Crippen LogP contribution is 2.14. The second kappa shape index (κ2) is 8.22. The first kappa shape index (κ1) is 17.6. The molecule has 1 amide bonds. The Balaban J connectivity index is 1.51. The van der Waals surface area contributed by atoms with Gasteiger partial charge in [0.1, 0.15) is 0 Å². The third-order valence-corrected chi connectivity index (χ3v) is 4.49. The molecule has 0 saturated carbocycles. The molecule has 1 aliphatic rings. The van der Waals surface area contributed by atoms with Gasteiger partial charge in [0.15, 0.2) is 5.82 Å². The highest BCUT2D eigenvalue weighted by molar-refractivity contribution is 5.92. The van der Waals surface area contributed by atoms with E-state index in [4.69, 9.17) is 10.3 Å². The number of aromatic nitrogens is 2. The summed E-state index contributed by atoms with van der Waals surface area (Å²) >= 11 is 0. The van der Waals surface area contributed by atoms with Crippen LogP contribution in [0.5, 0.6) is 0 Å². The zero-order chi connectivity index (χ0) is 17.6. The van der Waals surface area contributed by atoms with Crippen molar-refractivity contribution >= 4 is 5.91 Å². The van der Waals surface area contributed by atoms with Gasteiger partial charge >= 0.3 is 0 Å². The van der Waals surface area contributed by atoms with Gasteiger partial charge in [-0.25, -0.2) is 0 Å². The zero-order valence-corrected chi connectivity index (χ0v) is 14.6. The molecular weight excluding hydrogens is 318 g/mol. The molecular formula is C18H25N5O2. The van der Waals surface area contributed by atoms with Crippen LogP contribution in [0.1, 0.15) is 47.4 Å². The van der Waals surface area contributed by atoms with E-state index in [0.717, 1.165) is 56.8 Å². The number of nitrogens with two attached hydrogens (primary N) is 1. The average Bonchev–Trinajstić information content (AvgIpc) is 3.08. The van der Waals surface area contributed by atoms with Crippen LogP contribution in [0.4, 0.5) is 0 Å². The molecule has 1 fully saturated rings. The molecule has 0 aliphatic carbocycles. The van der Waals surface area contributed by atoms with Crippen LogP contribution >= 0.6 is 0 Å². The first-order chi connectivity index (χ1) is 12.1. The Morgan fingerprint density at radius 2 is 2.36 bits per heavy atom. The molecule has 7 nitrogen and oxygen atoms in total. The van der Waals surface area contributed by atoms with E-state index >= 15 is 0 Å². The molecule has 2 heterocycles. The molecule has 0 spiro atoms. The minimum absolute atomic E-state index is 0.391. The van der Waals surface area contributed by atoms with Crippen molar-refractivity contribution in [1.82, 2.24) is 20.4 Å². The van der Waals surface area contributed by atoms with Gasteiger partial charge in [0.2, 0.25) is 11.8 Å². The molecule has 3 N–H and O–H groups in total. The molecule has 1 atom stereocenters. The average molecular weight is 343 g/mol. The maximum Gasteiger partial charge on any atom is 0.248 e. The van der Waals surface area contributed by atoms with Gasteiger partial charge in [0.25, 0.3) is 0 Å². The third-order valence-electron chi connectivity index (χ3n) is 4.49. The highest BCUT2D eigenvalue weighted by Gasteiger charge is 2.21. The van der Waals surface area contributed by atoms with E-state index in [1.165, 1.54) is 0 Å². The van der Waals surface area contributed by atoms with E-state index < -0.39 is 5.91 Å². The summed E-state index contributed by atoms with van der Waals surface area (Å²) in [4.78, 5) is 18.0. The van der Waals surface area contributed by atoms with Crippen LogP contribution < -0.4 is 11.1 Å². The van der Waals surface area contributed by atoms with Crippen LogP contribution in [0.25, 0.3) is 0 Å². The number of nitrogens with zero attached hydrogens (tertiary/aromatic N) is 3. The van der Waals surface area contributed by atoms with Crippen LogP contribution in [0.15, 0.2) is 28.8 Å². The molecule has 25 heavy (non-hydrogen) atoms. The summed E-state index contributed by atoms with van der Waals surface area (Å²) < 4.78 is 5.18. The third kappa shape index (κ3) is 4.87. The zero-order valence-electron chi connectivity index (χ0n) is 14.6. The molecule has 1 aromatic carbocycles. The van der Waals surface area contributed by atoms with Crippen molar-refractivity contribution in [2.24, 2.45) is 5.73 Å². The predicted molar refractivity (Wildman–Crippen MR) is 93.8 cm³/mol. The summed E-state index contributed by atoms with van der Waals surface area (Å²) in [7, 11) is 0. The molecule has 7 heteroatoms. The summed E-state index contributed by atoms with van der Waals surface area (Å²) in [5.74, 6) is 1.06. The topological polar surface area (TPSA) is 97.3 Å². The number of hydrogen-bond donors (Lipinski definition) is 2. The van der Waals surface area contributed by atoms with E-state index in [0.29, 0.717) is 17.5 Å². The monoisotopic (exact) mass is 343 g/mol. The van der Waals surface area contributed by atoms with Crippen LogP contribution in [-0.2, 0) is 19.5 Å². The highest BCUT2D eigenvalue weighted by atomic mass is 16.5. The lowest BCUT2D eigenvalue weighted by Crippen LogP contribution is -2.45. The van der Waals surface area contributed by atoms with Gasteiger partial charge in [-0.05, 0) is 37.1 Å². The number of amides is 1. The van der Waals surface area contributed by atoms with Crippen LogP contribution in [0.3, 0.4) is 0 Å². The minimum Gasteiger partial charge on any atom is -0.366 e. The molecule has 2 aromatic rings. The van der Waals surface area contributed by atoms with E-state index in [1.54, 1.807) is 6.07 Å². The molecule has 1 saturated heterocycles. The number of nitrogens with one attached hydrogen (secondary N) is 1. The fourth-order valence-electron chi connectivity index (χ4n) is 3.16. The Morgan fingerprint density at radius 3 is 3.12 bits per heavy atom. The van der Waals surface area contributed by atoms with Crippen molar-refractivity contribution < 1.29 is 9.32 Å². The van der Waals surface area contributed by atoms with Crippen LogP contribution in [0, 0.1) is 0 Å². The number of benzene rings is 1. The Morgan fingerprint density at radius 1 is 1.48 bits per heavy atom. The molecule has 134 valence electrons. The van der Waals surface area contributed by atoms with Crippen molar-refractivity contribution in [2.45, 2.75) is 45.3 Å². The van der Waals surface area contributed by atoms with Crippen molar-refractivity contribution in [2.75, 3.05) is 13.1 Å². The number of piperidine rings is 1. The Kier molecular flexibility index (Phi) is 5.78. The molecule has 0 bridgehead atoms. The number of primary amides is 1. The van der Waals surface area contributed by atoms with Gasteiger partial charge in [-0.1, -0.05) is 24.2 Å². The SMILES string of the molecule is CCc1nc(CN2CCC[C@@H](NCc3cccc(C(N)=O)c3)C2)no1. The maximum absolute atomic E-state index is 11.3. The lowest BCUT2D eigenvalue weighted by Gasteiger charge is -2.32. The van der Waals surface area contributed by atoms with Gasteiger partial charge in [-0.15, -0.1) is 0 Å². The van der Waals surface area contributed by atoms with E-state index in [-0.39, 0.29) is 0 Å². The number of aryl methyl sites for hydroxylation is 1. The molecule has 3 rings (SSSR count). The summed E-state index contributed by atoms with van der Waals surface area (Å²) in [5.41, 5.74) is 6.96. The van der Waals surface area contributed by atoms with Gasteiger partial charge in [0, 0.05) is 31.1 Å². The van der Waals surface area contributed by atoms with Gasteiger partial charge in [0.05, 0.1) is 6.54 Å². The van der Waals surface area contributed by atoms with Crippen molar-refractivity contribution in [3.8, 4) is 0 Å². The van der Waals surface area contributed by atoms with Gasteiger partial charge in [-0.2, -0.15) is 4.98 Å². The summed E-state index contributed by atoms with van der Waals surface area (Å²) in [6, 6.07) is 7.87. The number of hydrogen-bond acceptors (Lipinski definition) is 6. The number of carbonyl (C=O) groups is 1. The second-order valence-corrected chi connectivity index (χ2v) is 6.48.